The average molecular weight is 233 g/mol. The van der Waals surface area contributed by atoms with Crippen molar-refractivity contribution in [2.75, 3.05) is 6.54 Å². The standard InChI is InChI=1S/C11H8FN3O2/c12-8-3-1-7(2-4-8)10(16)14-11(17)15-6-9(15)5-13/h1-4,9H,6H2,(H,14,16,17). The molecule has 1 aromatic rings. The summed E-state index contributed by atoms with van der Waals surface area (Å²) in [5, 5.41) is 10.6. The number of halogens is 1. The maximum Gasteiger partial charge on any atom is 0.325 e. The van der Waals surface area contributed by atoms with Gasteiger partial charge < -0.3 is 4.90 Å². The van der Waals surface area contributed by atoms with Gasteiger partial charge in [0.1, 0.15) is 11.9 Å². The predicted octanol–water partition coefficient (Wildman–Crippen LogP) is 0.883. The first-order chi connectivity index (χ1) is 8.11. The molecule has 1 saturated heterocycles. The number of hydrogen-bond acceptors (Lipinski definition) is 3. The van der Waals surface area contributed by atoms with Gasteiger partial charge in [0.15, 0.2) is 0 Å². The van der Waals surface area contributed by atoms with Crippen molar-refractivity contribution < 1.29 is 14.0 Å². The third-order valence-electron chi connectivity index (χ3n) is 2.35. The smallest absolute Gasteiger partial charge is 0.303 e. The number of benzene rings is 1. The van der Waals surface area contributed by atoms with Gasteiger partial charge in [-0.05, 0) is 24.3 Å². The van der Waals surface area contributed by atoms with E-state index in [1.54, 1.807) is 0 Å². The highest BCUT2D eigenvalue weighted by Gasteiger charge is 2.39. The molecule has 0 aromatic heterocycles. The Morgan fingerprint density at radius 2 is 2.06 bits per heavy atom. The minimum atomic E-state index is -0.612. The monoisotopic (exact) mass is 233 g/mol. The molecule has 0 spiro atoms. The second-order valence-electron chi connectivity index (χ2n) is 3.56. The molecule has 1 aromatic carbocycles. The Labute approximate surface area is 96.4 Å². The lowest BCUT2D eigenvalue weighted by Crippen LogP contribution is -2.34. The Balaban J connectivity index is 1.96. The number of carbonyl (C=O) groups is 2. The molecule has 1 aliphatic rings. The van der Waals surface area contributed by atoms with Crippen molar-refractivity contribution in [3.05, 3.63) is 35.6 Å². The fourth-order valence-electron chi connectivity index (χ4n) is 1.32. The highest BCUT2D eigenvalue weighted by Crippen LogP contribution is 2.15. The number of nitrogens with one attached hydrogen (secondary N) is 1. The Kier molecular flexibility index (Phi) is 2.75. The molecule has 3 amide bonds. The highest BCUT2D eigenvalue weighted by molar-refractivity contribution is 6.04. The Hall–Kier alpha value is -2.42. The number of hydrogen-bond donors (Lipinski definition) is 1. The summed E-state index contributed by atoms with van der Waals surface area (Å²) in [6.45, 7) is 0.332. The van der Waals surface area contributed by atoms with Gasteiger partial charge in [-0.1, -0.05) is 0 Å². The highest BCUT2D eigenvalue weighted by atomic mass is 19.1. The first-order valence-corrected chi connectivity index (χ1v) is 4.89. The molecule has 1 fully saturated rings. The van der Waals surface area contributed by atoms with E-state index in [9.17, 15) is 14.0 Å². The molecule has 1 atom stereocenters. The van der Waals surface area contributed by atoms with E-state index < -0.39 is 23.8 Å². The van der Waals surface area contributed by atoms with Crippen LogP contribution >= 0.6 is 0 Å². The molecule has 0 saturated carbocycles. The third kappa shape index (κ3) is 2.39. The summed E-state index contributed by atoms with van der Waals surface area (Å²) in [5.41, 5.74) is 0.190. The maximum absolute atomic E-state index is 12.6. The van der Waals surface area contributed by atoms with Crippen LogP contribution in [-0.4, -0.2) is 29.4 Å². The van der Waals surface area contributed by atoms with E-state index in [1.807, 2.05) is 6.07 Å². The lowest BCUT2D eigenvalue weighted by Gasteiger charge is -2.04. The van der Waals surface area contributed by atoms with Crippen LogP contribution in [0.25, 0.3) is 0 Å². The largest absolute Gasteiger partial charge is 0.325 e. The van der Waals surface area contributed by atoms with Gasteiger partial charge in [0.2, 0.25) is 0 Å². The number of amides is 3. The molecule has 1 N–H and O–H groups in total. The molecule has 2 rings (SSSR count). The lowest BCUT2D eigenvalue weighted by atomic mass is 10.2. The van der Waals surface area contributed by atoms with E-state index in [2.05, 4.69) is 5.32 Å². The third-order valence-corrected chi connectivity index (χ3v) is 2.35. The van der Waals surface area contributed by atoms with Crippen LogP contribution in [0.15, 0.2) is 24.3 Å². The topological polar surface area (TPSA) is 73.0 Å². The van der Waals surface area contributed by atoms with E-state index in [0.717, 1.165) is 12.1 Å². The summed E-state index contributed by atoms with van der Waals surface area (Å²) in [5.74, 6) is -1.07. The van der Waals surface area contributed by atoms with E-state index in [0.29, 0.717) is 6.54 Å². The zero-order valence-corrected chi connectivity index (χ0v) is 8.68. The number of imide groups is 1. The number of rotatable bonds is 1. The molecule has 0 bridgehead atoms. The van der Waals surface area contributed by atoms with Crippen LogP contribution in [0.5, 0.6) is 0 Å². The normalized spacial score (nSPS) is 17.2. The minimum absolute atomic E-state index is 0.190. The van der Waals surface area contributed by atoms with Gasteiger partial charge in [-0.15, -0.1) is 0 Å². The molecule has 0 aliphatic carbocycles. The molecule has 1 heterocycles. The quantitative estimate of drug-likeness (QED) is 0.732. The number of nitriles is 1. The number of urea groups is 1. The fourth-order valence-corrected chi connectivity index (χ4v) is 1.32. The van der Waals surface area contributed by atoms with Crippen molar-refractivity contribution in [1.29, 1.82) is 5.26 Å². The number of nitrogens with zero attached hydrogens (tertiary/aromatic N) is 2. The molecular formula is C11H8FN3O2. The molecule has 0 radical (unpaired) electrons. The zero-order valence-electron chi connectivity index (χ0n) is 8.68. The fraction of sp³-hybridized carbons (Fsp3) is 0.182. The van der Waals surface area contributed by atoms with Crippen molar-refractivity contribution in [2.24, 2.45) is 0 Å². The second kappa shape index (κ2) is 4.22. The van der Waals surface area contributed by atoms with E-state index >= 15 is 0 Å². The van der Waals surface area contributed by atoms with Crippen LogP contribution in [0, 0.1) is 17.1 Å². The van der Waals surface area contributed by atoms with Gasteiger partial charge in [-0.25, -0.2) is 9.18 Å². The average Bonchev–Trinajstić information content (AvgIpc) is 3.09. The van der Waals surface area contributed by atoms with Crippen LogP contribution in [0.4, 0.5) is 9.18 Å². The van der Waals surface area contributed by atoms with Crippen molar-refractivity contribution in [3.63, 3.8) is 0 Å². The van der Waals surface area contributed by atoms with Crippen LogP contribution in [0.2, 0.25) is 0 Å². The molecule has 5 nitrogen and oxygen atoms in total. The van der Waals surface area contributed by atoms with Gasteiger partial charge in [0.25, 0.3) is 5.91 Å². The molecule has 1 unspecified atom stereocenters. The van der Waals surface area contributed by atoms with Crippen LogP contribution in [-0.2, 0) is 0 Å². The van der Waals surface area contributed by atoms with Crippen LogP contribution < -0.4 is 5.32 Å². The van der Waals surface area contributed by atoms with Crippen molar-refractivity contribution in [1.82, 2.24) is 10.2 Å². The molecular weight excluding hydrogens is 225 g/mol. The Morgan fingerprint density at radius 3 is 2.59 bits per heavy atom. The molecule has 86 valence electrons. The maximum atomic E-state index is 12.6. The number of carbonyl (C=O) groups excluding carboxylic acids is 2. The van der Waals surface area contributed by atoms with E-state index in [-0.39, 0.29) is 5.56 Å². The summed E-state index contributed by atoms with van der Waals surface area (Å²) >= 11 is 0. The van der Waals surface area contributed by atoms with E-state index in [1.165, 1.54) is 17.0 Å². The van der Waals surface area contributed by atoms with Crippen LogP contribution in [0.3, 0.4) is 0 Å². The van der Waals surface area contributed by atoms with Gasteiger partial charge in [-0.3, -0.25) is 10.1 Å². The van der Waals surface area contributed by atoms with Crippen LogP contribution in [0.1, 0.15) is 10.4 Å². The van der Waals surface area contributed by atoms with Gasteiger partial charge >= 0.3 is 6.03 Å². The van der Waals surface area contributed by atoms with Gasteiger partial charge in [0, 0.05) is 5.56 Å². The summed E-state index contributed by atoms with van der Waals surface area (Å²) in [6.07, 6.45) is 0. The van der Waals surface area contributed by atoms with Crippen molar-refractivity contribution in [2.45, 2.75) is 6.04 Å². The SMILES string of the molecule is N#CC1CN1C(=O)NC(=O)c1ccc(F)cc1. The zero-order chi connectivity index (χ0) is 12.4. The summed E-state index contributed by atoms with van der Waals surface area (Å²) in [7, 11) is 0. The van der Waals surface area contributed by atoms with Crippen molar-refractivity contribution in [3.8, 4) is 6.07 Å². The predicted molar refractivity (Wildman–Crippen MR) is 55.4 cm³/mol. The summed E-state index contributed by atoms with van der Waals surface area (Å²) in [6, 6.07) is 5.67. The summed E-state index contributed by atoms with van der Waals surface area (Å²) in [4.78, 5) is 24.1. The Morgan fingerprint density at radius 1 is 1.41 bits per heavy atom. The Bertz CT molecular complexity index is 506. The molecule has 6 heteroatoms. The first kappa shape index (κ1) is 11.1. The lowest BCUT2D eigenvalue weighted by molar-refractivity contribution is 0.0960. The summed E-state index contributed by atoms with van der Waals surface area (Å²) < 4.78 is 12.6. The van der Waals surface area contributed by atoms with E-state index in [4.69, 9.17) is 5.26 Å². The van der Waals surface area contributed by atoms with Crippen molar-refractivity contribution >= 4 is 11.9 Å². The van der Waals surface area contributed by atoms with Gasteiger partial charge in [-0.2, -0.15) is 5.26 Å². The minimum Gasteiger partial charge on any atom is -0.303 e. The van der Waals surface area contributed by atoms with Gasteiger partial charge in [0.05, 0.1) is 12.6 Å². The molecule has 17 heavy (non-hydrogen) atoms. The second-order valence-corrected chi connectivity index (χ2v) is 3.56. The molecule has 1 aliphatic heterocycles. The first-order valence-electron chi connectivity index (χ1n) is 4.89.